The maximum atomic E-state index is 10.2. The summed E-state index contributed by atoms with van der Waals surface area (Å²) in [5, 5.41) is 13.4. The topological polar surface area (TPSA) is 76.7 Å². The first kappa shape index (κ1) is 14.0. The van der Waals surface area contributed by atoms with Gasteiger partial charge >= 0.3 is 0 Å². The Balaban J connectivity index is 1.99. The highest BCUT2D eigenvalue weighted by Crippen LogP contribution is 2.30. The first-order valence-corrected chi connectivity index (χ1v) is 6.70. The number of nitrogens with one attached hydrogen (secondary N) is 1. The number of ether oxygens (including phenoxy) is 2. The normalized spacial score (nSPS) is 22.4. The van der Waals surface area contributed by atoms with Gasteiger partial charge in [-0.1, -0.05) is 13.0 Å². The van der Waals surface area contributed by atoms with Crippen LogP contribution >= 0.6 is 0 Å². The van der Waals surface area contributed by atoms with Crippen molar-refractivity contribution in [2.75, 3.05) is 37.4 Å². The molecule has 1 aromatic carbocycles. The summed E-state index contributed by atoms with van der Waals surface area (Å²) < 4.78 is 10.8. The second kappa shape index (κ2) is 6.12. The number of hydrogen-bond acceptors (Lipinski definition) is 5. The van der Waals surface area contributed by atoms with Gasteiger partial charge in [-0.2, -0.15) is 0 Å². The third-order valence-electron chi connectivity index (χ3n) is 3.22. The van der Waals surface area contributed by atoms with Gasteiger partial charge in [-0.3, -0.25) is 0 Å². The smallest absolute Gasteiger partial charge is 0.144 e. The van der Waals surface area contributed by atoms with E-state index in [4.69, 9.17) is 15.2 Å². The van der Waals surface area contributed by atoms with E-state index in [0.29, 0.717) is 44.2 Å². The van der Waals surface area contributed by atoms with E-state index in [1.165, 1.54) is 0 Å². The third-order valence-corrected chi connectivity index (χ3v) is 3.22. The van der Waals surface area contributed by atoms with Gasteiger partial charge in [0.05, 0.1) is 24.6 Å². The number of para-hydroxylation sites is 1. The third kappa shape index (κ3) is 3.52. The van der Waals surface area contributed by atoms with Crippen molar-refractivity contribution in [3.8, 4) is 5.75 Å². The van der Waals surface area contributed by atoms with Crippen LogP contribution in [0.5, 0.6) is 5.75 Å². The summed E-state index contributed by atoms with van der Waals surface area (Å²) in [6.07, 6.45) is 1.58. The van der Waals surface area contributed by atoms with Crippen LogP contribution in [0.4, 0.5) is 11.4 Å². The molecule has 0 aromatic heterocycles. The Morgan fingerprint density at radius 2 is 2.37 bits per heavy atom. The van der Waals surface area contributed by atoms with Gasteiger partial charge in [0.2, 0.25) is 0 Å². The van der Waals surface area contributed by atoms with Crippen molar-refractivity contribution in [2.45, 2.75) is 25.4 Å². The number of nitrogens with two attached hydrogens (primary N) is 1. The van der Waals surface area contributed by atoms with Gasteiger partial charge in [-0.25, -0.2) is 0 Å². The molecule has 0 saturated carbocycles. The summed E-state index contributed by atoms with van der Waals surface area (Å²) in [5.74, 6) is 0.682. The number of anilines is 2. The lowest BCUT2D eigenvalue weighted by atomic mass is 10.0. The molecule has 0 bridgehead atoms. The van der Waals surface area contributed by atoms with Crippen LogP contribution in [-0.4, -0.2) is 37.1 Å². The van der Waals surface area contributed by atoms with Crippen molar-refractivity contribution in [1.29, 1.82) is 0 Å². The molecular formula is C14H22N2O3. The molecular weight excluding hydrogens is 244 g/mol. The highest BCUT2D eigenvalue weighted by atomic mass is 16.5. The second-order valence-corrected chi connectivity index (χ2v) is 4.95. The van der Waals surface area contributed by atoms with Gasteiger partial charge in [-0.05, 0) is 18.6 Å². The second-order valence-electron chi connectivity index (χ2n) is 4.95. The van der Waals surface area contributed by atoms with Crippen LogP contribution in [0.15, 0.2) is 18.2 Å². The van der Waals surface area contributed by atoms with Gasteiger partial charge in [0, 0.05) is 19.6 Å². The summed E-state index contributed by atoms with van der Waals surface area (Å²) in [5.41, 5.74) is 6.62. The number of rotatable bonds is 6. The molecule has 0 radical (unpaired) electrons. The van der Waals surface area contributed by atoms with Gasteiger partial charge in [0.15, 0.2) is 0 Å². The molecule has 2 rings (SSSR count). The van der Waals surface area contributed by atoms with Crippen LogP contribution in [0.1, 0.15) is 19.8 Å². The standard InChI is InChI=1S/C14H22N2O3/c1-2-7-19-12-5-3-4-11(13(12)15)16-9-14(17)6-8-18-10-14/h3-5,16-17H,2,6-10,15H2,1H3. The molecule has 4 N–H and O–H groups in total. The highest BCUT2D eigenvalue weighted by Gasteiger charge is 2.32. The first-order valence-electron chi connectivity index (χ1n) is 6.70. The van der Waals surface area contributed by atoms with Crippen molar-refractivity contribution < 1.29 is 14.6 Å². The predicted octanol–water partition coefficient (Wildman–Crippen LogP) is 1.62. The molecule has 106 valence electrons. The lowest BCUT2D eigenvalue weighted by Crippen LogP contribution is -2.37. The maximum Gasteiger partial charge on any atom is 0.144 e. The minimum absolute atomic E-state index is 0.367. The van der Waals surface area contributed by atoms with Gasteiger partial charge < -0.3 is 25.6 Å². The number of hydrogen-bond donors (Lipinski definition) is 3. The molecule has 1 fully saturated rings. The minimum atomic E-state index is -0.799. The fourth-order valence-electron chi connectivity index (χ4n) is 2.03. The lowest BCUT2D eigenvalue weighted by molar-refractivity contribution is 0.0382. The van der Waals surface area contributed by atoms with E-state index in [2.05, 4.69) is 5.32 Å². The zero-order valence-corrected chi connectivity index (χ0v) is 11.3. The van der Waals surface area contributed by atoms with Crippen molar-refractivity contribution in [3.63, 3.8) is 0 Å². The minimum Gasteiger partial charge on any atom is -0.491 e. The zero-order valence-electron chi connectivity index (χ0n) is 11.3. The molecule has 1 heterocycles. The van der Waals surface area contributed by atoms with Crippen LogP contribution in [0.25, 0.3) is 0 Å². The summed E-state index contributed by atoms with van der Waals surface area (Å²) in [4.78, 5) is 0. The van der Waals surface area contributed by atoms with E-state index >= 15 is 0 Å². The van der Waals surface area contributed by atoms with Crippen LogP contribution in [0.2, 0.25) is 0 Å². The van der Waals surface area contributed by atoms with E-state index in [0.717, 1.165) is 12.1 Å². The number of nitrogen functional groups attached to an aromatic ring is 1. The Morgan fingerprint density at radius 3 is 3.05 bits per heavy atom. The fraction of sp³-hybridized carbons (Fsp3) is 0.571. The van der Waals surface area contributed by atoms with Crippen molar-refractivity contribution in [2.24, 2.45) is 0 Å². The zero-order chi connectivity index (χ0) is 13.7. The Hall–Kier alpha value is -1.46. The van der Waals surface area contributed by atoms with E-state index in [9.17, 15) is 5.11 Å². The molecule has 5 heteroatoms. The molecule has 0 amide bonds. The largest absolute Gasteiger partial charge is 0.491 e. The number of aliphatic hydroxyl groups is 1. The Labute approximate surface area is 113 Å². The molecule has 1 atom stereocenters. The Kier molecular flexibility index (Phi) is 4.50. The van der Waals surface area contributed by atoms with Crippen LogP contribution in [0, 0.1) is 0 Å². The summed E-state index contributed by atoms with van der Waals surface area (Å²) in [6, 6.07) is 5.62. The fourth-order valence-corrected chi connectivity index (χ4v) is 2.03. The maximum absolute atomic E-state index is 10.2. The van der Waals surface area contributed by atoms with E-state index in [1.54, 1.807) is 0 Å². The summed E-state index contributed by atoms with van der Waals surface area (Å²) >= 11 is 0. The van der Waals surface area contributed by atoms with Crippen LogP contribution in [-0.2, 0) is 4.74 Å². The van der Waals surface area contributed by atoms with Crippen molar-refractivity contribution in [1.82, 2.24) is 0 Å². The van der Waals surface area contributed by atoms with Crippen molar-refractivity contribution in [3.05, 3.63) is 18.2 Å². The number of benzene rings is 1. The summed E-state index contributed by atoms with van der Waals surface area (Å²) in [7, 11) is 0. The highest BCUT2D eigenvalue weighted by molar-refractivity contribution is 5.73. The quantitative estimate of drug-likeness (QED) is 0.682. The van der Waals surface area contributed by atoms with Crippen molar-refractivity contribution >= 4 is 11.4 Å². The average Bonchev–Trinajstić information content (AvgIpc) is 2.84. The SMILES string of the molecule is CCCOc1cccc(NCC2(O)CCOC2)c1N. The average molecular weight is 266 g/mol. The van der Waals surface area contributed by atoms with Crippen LogP contribution in [0.3, 0.4) is 0 Å². The van der Waals surface area contributed by atoms with Gasteiger partial charge in [-0.15, -0.1) is 0 Å². The van der Waals surface area contributed by atoms with E-state index < -0.39 is 5.60 Å². The molecule has 19 heavy (non-hydrogen) atoms. The van der Waals surface area contributed by atoms with E-state index in [-0.39, 0.29) is 0 Å². The monoisotopic (exact) mass is 266 g/mol. The Morgan fingerprint density at radius 1 is 1.53 bits per heavy atom. The molecule has 1 saturated heterocycles. The first-order chi connectivity index (χ1) is 9.14. The molecule has 1 aromatic rings. The van der Waals surface area contributed by atoms with Crippen LogP contribution < -0.4 is 15.8 Å². The van der Waals surface area contributed by atoms with Gasteiger partial charge in [0.25, 0.3) is 0 Å². The predicted molar refractivity (Wildman–Crippen MR) is 75.5 cm³/mol. The Bertz CT molecular complexity index is 417. The molecule has 1 aliphatic heterocycles. The molecule has 0 spiro atoms. The molecule has 1 unspecified atom stereocenters. The van der Waals surface area contributed by atoms with E-state index in [1.807, 2.05) is 25.1 Å². The lowest BCUT2D eigenvalue weighted by Gasteiger charge is -2.22. The van der Waals surface area contributed by atoms with Gasteiger partial charge in [0.1, 0.15) is 11.4 Å². The molecule has 1 aliphatic rings. The molecule has 5 nitrogen and oxygen atoms in total. The molecule has 0 aliphatic carbocycles. The summed E-state index contributed by atoms with van der Waals surface area (Å²) in [6.45, 7) is 4.09.